The first kappa shape index (κ1) is 11.7. The molecule has 4 heteroatoms. The highest BCUT2D eigenvalue weighted by molar-refractivity contribution is 5.99. The van der Waals surface area contributed by atoms with Crippen molar-refractivity contribution in [2.45, 2.75) is 20.0 Å². The van der Waals surface area contributed by atoms with Crippen LogP contribution in [0.25, 0.3) is 16.8 Å². The number of benzene rings is 1. The number of allylic oxidation sites excluding steroid dienone is 1. The molecule has 2 heterocycles. The standard InChI is InChI=1S/C15H12O4/c1-3-4-10-5-9-6-11-8(2)18-15(17)13(11)7-12(9)14(16)19-10/h3-8H,1-2H3/t8-/m1/s1. The smallest absolute Gasteiger partial charge is 0.344 e. The molecule has 0 aliphatic carbocycles. The minimum absolute atomic E-state index is 0.274. The number of hydrogen-bond donors (Lipinski definition) is 0. The van der Waals surface area contributed by atoms with Gasteiger partial charge in [-0.25, -0.2) is 9.59 Å². The van der Waals surface area contributed by atoms with Crippen molar-refractivity contribution < 1.29 is 13.9 Å². The van der Waals surface area contributed by atoms with Gasteiger partial charge in [0.25, 0.3) is 0 Å². The minimum atomic E-state index is -0.444. The molecule has 3 rings (SSSR count). The lowest BCUT2D eigenvalue weighted by molar-refractivity contribution is 0.0422. The highest BCUT2D eigenvalue weighted by atomic mass is 16.5. The van der Waals surface area contributed by atoms with Crippen LogP contribution in [0.15, 0.2) is 33.5 Å². The molecule has 0 saturated carbocycles. The molecule has 1 aliphatic rings. The van der Waals surface area contributed by atoms with Gasteiger partial charge >= 0.3 is 11.6 Å². The molecule has 4 nitrogen and oxygen atoms in total. The van der Waals surface area contributed by atoms with Crippen LogP contribution < -0.4 is 5.63 Å². The van der Waals surface area contributed by atoms with E-state index in [1.807, 2.05) is 19.9 Å². The van der Waals surface area contributed by atoms with Crippen LogP contribution in [0.5, 0.6) is 0 Å². The van der Waals surface area contributed by atoms with Crippen molar-refractivity contribution in [2.24, 2.45) is 0 Å². The SMILES string of the molecule is CC=Cc1cc2cc3c(cc2c(=O)o1)C(=O)O[C@@H]3C. The summed E-state index contributed by atoms with van der Waals surface area (Å²) in [6, 6.07) is 5.17. The Balaban J connectivity index is 2.34. The van der Waals surface area contributed by atoms with Crippen LogP contribution in [0.1, 0.15) is 41.6 Å². The maximum absolute atomic E-state index is 11.9. The van der Waals surface area contributed by atoms with Crippen molar-refractivity contribution in [3.8, 4) is 0 Å². The van der Waals surface area contributed by atoms with E-state index in [0.29, 0.717) is 16.7 Å². The van der Waals surface area contributed by atoms with Crippen molar-refractivity contribution in [1.82, 2.24) is 0 Å². The molecule has 0 saturated heterocycles. The van der Waals surface area contributed by atoms with Crippen molar-refractivity contribution in [3.63, 3.8) is 0 Å². The van der Waals surface area contributed by atoms with Gasteiger partial charge in [0.15, 0.2) is 0 Å². The summed E-state index contributed by atoms with van der Waals surface area (Å²) in [5, 5.41) is 1.16. The minimum Gasteiger partial charge on any atom is -0.454 e. The molecule has 0 bridgehead atoms. The third-order valence-electron chi connectivity index (χ3n) is 3.22. The monoisotopic (exact) mass is 256 g/mol. The summed E-state index contributed by atoms with van der Waals surface area (Å²) >= 11 is 0. The largest absolute Gasteiger partial charge is 0.454 e. The van der Waals surface area contributed by atoms with Gasteiger partial charge in [0, 0.05) is 5.56 Å². The van der Waals surface area contributed by atoms with Gasteiger partial charge in [-0.15, -0.1) is 0 Å². The maximum atomic E-state index is 11.9. The quantitative estimate of drug-likeness (QED) is 0.736. The van der Waals surface area contributed by atoms with Crippen LogP contribution in [0.4, 0.5) is 0 Å². The summed E-state index contributed by atoms with van der Waals surface area (Å²) in [7, 11) is 0. The molecule has 96 valence electrons. The molecule has 0 fully saturated rings. The zero-order chi connectivity index (χ0) is 13.6. The molecule has 0 amide bonds. The van der Waals surface area contributed by atoms with E-state index >= 15 is 0 Å². The van der Waals surface area contributed by atoms with Gasteiger partial charge in [-0.3, -0.25) is 0 Å². The average Bonchev–Trinajstić information content (AvgIpc) is 2.63. The Morgan fingerprint density at radius 1 is 1.21 bits per heavy atom. The van der Waals surface area contributed by atoms with Gasteiger partial charge in [-0.1, -0.05) is 6.08 Å². The Kier molecular flexibility index (Phi) is 2.52. The summed E-state index contributed by atoms with van der Waals surface area (Å²) in [4.78, 5) is 23.5. The first-order chi connectivity index (χ1) is 9.10. The van der Waals surface area contributed by atoms with E-state index in [1.54, 1.807) is 24.3 Å². The van der Waals surface area contributed by atoms with E-state index in [4.69, 9.17) is 9.15 Å². The number of rotatable bonds is 1. The van der Waals surface area contributed by atoms with E-state index in [2.05, 4.69) is 0 Å². The summed E-state index contributed by atoms with van der Waals surface area (Å²) in [5.41, 5.74) is 0.821. The highest BCUT2D eigenvalue weighted by Crippen LogP contribution is 2.32. The second-order valence-electron chi connectivity index (χ2n) is 4.51. The van der Waals surface area contributed by atoms with Gasteiger partial charge in [0.2, 0.25) is 0 Å². The molecule has 0 spiro atoms. The fraction of sp³-hybridized carbons (Fsp3) is 0.200. The molecular weight excluding hydrogens is 244 g/mol. The first-order valence-electron chi connectivity index (χ1n) is 6.05. The molecule has 19 heavy (non-hydrogen) atoms. The molecule has 1 aliphatic heterocycles. The maximum Gasteiger partial charge on any atom is 0.344 e. The van der Waals surface area contributed by atoms with E-state index in [-0.39, 0.29) is 12.1 Å². The fourth-order valence-electron chi connectivity index (χ4n) is 2.32. The molecule has 0 unspecified atom stereocenters. The third-order valence-corrected chi connectivity index (χ3v) is 3.22. The van der Waals surface area contributed by atoms with Gasteiger partial charge in [-0.05, 0) is 43.5 Å². The number of ether oxygens (including phenoxy) is 1. The van der Waals surface area contributed by atoms with E-state index < -0.39 is 5.63 Å². The second-order valence-corrected chi connectivity index (χ2v) is 4.51. The van der Waals surface area contributed by atoms with Gasteiger partial charge < -0.3 is 9.15 Å². The van der Waals surface area contributed by atoms with Gasteiger partial charge in [0.1, 0.15) is 11.9 Å². The van der Waals surface area contributed by atoms with Crippen LogP contribution in [-0.2, 0) is 4.74 Å². The van der Waals surface area contributed by atoms with Crippen LogP contribution in [0.2, 0.25) is 0 Å². The van der Waals surface area contributed by atoms with Crippen molar-refractivity contribution >= 4 is 22.8 Å². The number of cyclic esters (lactones) is 1. The molecule has 0 N–H and O–H groups in total. The number of hydrogen-bond acceptors (Lipinski definition) is 4. The normalized spacial score (nSPS) is 18.0. The number of fused-ring (bicyclic) bond motifs is 2. The lowest BCUT2D eigenvalue weighted by Crippen LogP contribution is -2.02. The topological polar surface area (TPSA) is 56.5 Å². The molecule has 1 atom stereocenters. The van der Waals surface area contributed by atoms with Crippen LogP contribution in [-0.4, -0.2) is 5.97 Å². The Bertz CT molecular complexity index is 768. The summed E-state index contributed by atoms with van der Waals surface area (Å²) < 4.78 is 10.3. The highest BCUT2D eigenvalue weighted by Gasteiger charge is 2.28. The molecule has 1 aromatic carbocycles. The summed E-state index contributed by atoms with van der Waals surface area (Å²) in [6.45, 7) is 3.66. The predicted molar refractivity (Wildman–Crippen MR) is 71.0 cm³/mol. The van der Waals surface area contributed by atoms with Gasteiger partial charge in [-0.2, -0.15) is 0 Å². The van der Waals surface area contributed by atoms with Crippen molar-refractivity contribution in [2.75, 3.05) is 0 Å². The van der Waals surface area contributed by atoms with Crippen molar-refractivity contribution in [3.05, 3.63) is 51.6 Å². The molecule has 0 radical (unpaired) electrons. The van der Waals surface area contributed by atoms with E-state index in [0.717, 1.165) is 10.9 Å². The zero-order valence-electron chi connectivity index (χ0n) is 10.6. The molecule has 1 aromatic heterocycles. The Morgan fingerprint density at radius 2 is 2.00 bits per heavy atom. The fourth-order valence-corrected chi connectivity index (χ4v) is 2.32. The Hall–Kier alpha value is -2.36. The molecular formula is C15H12O4. The second kappa shape index (κ2) is 4.09. The average molecular weight is 256 g/mol. The third kappa shape index (κ3) is 1.76. The van der Waals surface area contributed by atoms with E-state index in [1.165, 1.54) is 0 Å². The first-order valence-corrected chi connectivity index (χ1v) is 6.05. The predicted octanol–water partition coefficient (Wildman–Crippen LogP) is 3.06. The number of carbonyl (C=O) groups excluding carboxylic acids is 1. The Morgan fingerprint density at radius 3 is 2.74 bits per heavy atom. The van der Waals surface area contributed by atoms with E-state index in [9.17, 15) is 9.59 Å². The molecule has 2 aromatic rings. The van der Waals surface area contributed by atoms with Crippen molar-refractivity contribution in [1.29, 1.82) is 0 Å². The number of carbonyl (C=O) groups is 1. The van der Waals surface area contributed by atoms with Crippen LogP contribution in [0, 0.1) is 0 Å². The van der Waals surface area contributed by atoms with Gasteiger partial charge in [0.05, 0.1) is 10.9 Å². The number of esters is 1. The zero-order valence-corrected chi connectivity index (χ0v) is 10.6. The summed E-state index contributed by atoms with van der Waals surface area (Å²) in [5.74, 6) is 0.110. The van der Waals surface area contributed by atoms with Crippen LogP contribution >= 0.6 is 0 Å². The lowest BCUT2D eigenvalue weighted by atomic mass is 10.0. The lowest BCUT2D eigenvalue weighted by Gasteiger charge is -2.04. The Labute approximate surface area is 109 Å². The summed E-state index contributed by atoms with van der Waals surface area (Å²) in [6.07, 6.45) is 3.25. The van der Waals surface area contributed by atoms with Crippen LogP contribution in [0.3, 0.4) is 0 Å².